The maximum Gasteiger partial charge on any atom is 0.257 e. The number of nitrogens with zero attached hydrogens (tertiary/aromatic N) is 2. The van der Waals surface area contributed by atoms with E-state index in [0.29, 0.717) is 13.1 Å². The van der Waals surface area contributed by atoms with Gasteiger partial charge in [0.1, 0.15) is 11.1 Å². The molecule has 1 aromatic heterocycles. The van der Waals surface area contributed by atoms with Crippen molar-refractivity contribution in [3.8, 4) is 0 Å². The Morgan fingerprint density at radius 2 is 1.47 bits per heavy atom. The van der Waals surface area contributed by atoms with Gasteiger partial charge in [0.15, 0.2) is 0 Å². The van der Waals surface area contributed by atoms with Gasteiger partial charge in [-0.3, -0.25) is 19.3 Å². The highest BCUT2D eigenvalue weighted by Crippen LogP contribution is 2.14. The molecule has 1 fully saturated rings. The van der Waals surface area contributed by atoms with E-state index in [2.05, 4.69) is 27.7 Å². The van der Waals surface area contributed by atoms with E-state index >= 15 is 0 Å². The van der Waals surface area contributed by atoms with Gasteiger partial charge in [-0.25, -0.2) is 0 Å². The molecule has 2 N–H and O–H groups in total. The van der Waals surface area contributed by atoms with Crippen LogP contribution in [-0.4, -0.2) is 47.0 Å². The third kappa shape index (κ3) is 5.80. The molecule has 4 rings (SSSR count). The van der Waals surface area contributed by atoms with Crippen molar-refractivity contribution in [1.82, 2.24) is 20.1 Å². The lowest BCUT2D eigenvalue weighted by molar-refractivity contribution is 0.0935. The number of rotatable bonds is 8. The normalized spacial score (nSPS) is 15.7. The van der Waals surface area contributed by atoms with Crippen molar-refractivity contribution < 1.29 is 9.59 Å². The number of nitrogens with one attached hydrogen (secondary N) is 2. The third-order valence-corrected chi connectivity index (χ3v) is 5.97. The van der Waals surface area contributed by atoms with Gasteiger partial charge in [0.05, 0.1) is 0 Å². The lowest BCUT2D eigenvalue weighted by Crippen LogP contribution is -2.40. The molecule has 0 spiro atoms. The number of carbonyl (C=O) groups excluding carboxylic acids is 2. The minimum Gasteiger partial charge on any atom is -0.352 e. The quantitative estimate of drug-likeness (QED) is 0.544. The first-order valence-corrected chi connectivity index (χ1v) is 11.7. The molecule has 2 heterocycles. The van der Waals surface area contributed by atoms with Crippen molar-refractivity contribution in [3.05, 3.63) is 106 Å². The molecule has 0 bridgehead atoms. The van der Waals surface area contributed by atoms with Gasteiger partial charge in [-0.05, 0) is 24.5 Å². The van der Waals surface area contributed by atoms with Crippen LogP contribution in [0.15, 0.2) is 77.9 Å². The van der Waals surface area contributed by atoms with Crippen LogP contribution in [0.25, 0.3) is 0 Å². The van der Waals surface area contributed by atoms with Gasteiger partial charge in [-0.15, -0.1) is 0 Å². The fourth-order valence-electron chi connectivity index (χ4n) is 4.29. The molecule has 2 aromatic carbocycles. The summed E-state index contributed by atoms with van der Waals surface area (Å²) in [6.45, 7) is 5.04. The van der Waals surface area contributed by atoms with Crippen LogP contribution in [0.5, 0.6) is 0 Å². The molecule has 7 heteroatoms. The van der Waals surface area contributed by atoms with Crippen LogP contribution in [0.2, 0.25) is 0 Å². The number of benzene rings is 2. The second kappa shape index (κ2) is 10.9. The number of carbonyl (C=O) groups is 2. The number of hydrogen-bond acceptors (Lipinski definition) is 4. The van der Waals surface area contributed by atoms with E-state index < -0.39 is 17.2 Å². The van der Waals surface area contributed by atoms with Crippen molar-refractivity contribution >= 4 is 11.8 Å². The Balaban J connectivity index is 1.51. The van der Waals surface area contributed by atoms with E-state index in [1.165, 1.54) is 11.8 Å². The predicted molar refractivity (Wildman–Crippen MR) is 132 cm³/mol. The highest BCUT2D eigenvalue weighted by molar-refractivity contribution is 5.99. The Kier molecular flexibility index (Phi) is 7.54. The molecule has 1 aliphatic rings. The second-order valence-electron chi connectivity index (χ2n) is 8.61. The van der Waals surface area contributed by atoms with Crippen molar-refractivity contribution in [2.75, 3.05) is 19.6 Å². The first-order chi connectivity index (χ1) is 16.5. The molecule has 1 aliphatic heterocycles. The number of amides is 2. The summed E-state index contributed by atoms with van der Waals surface area (Å²) in [4.78, 5) is 41.0. The van der Waals surface area contributed by atoms with Gasteiger partial charge in [0.2, 0.25) is 5.43 Å². The molecule has 0 saturated carbocycles. The zero-order chi connectivity index (χ0) is 23.9. The maximum atomic E-state index is 13.1. The van der Waals surface area contributed by atoms with Gasteiger partial charge in [-0.2, -0.15) is 0 Å². The van der Waals surface area contributed by atoms with Crippen molar-refractivity contribution in [3.63, 3.8) is 0 Å². The fourth-order valence-corrected chi connectivity index (χ4v) is 4.29. The fraction of sp³-hybridized carbons (Fsp3) is 0.296. The standard InChI is InChI=1S/C27H30N4O3/c1-2-28-26(33)23-18-31(16-21-11-7-4-8-12-21)19-24(25(23)32)27(34)29-22-13-14-30(17-22)15-20-9-5-3-6-10-20/h3-12,18-19,22H,2,13-17H2,1H3,(H,28,33)(H,29,34)/t22-/m0/s1. The van der Waals surface area contributed by atoms with Crippen LogP contribution in [0.4, 0.5) is 0 Å². The summed E-state index contributed by atoms with van der Waals surface area (Å²) in [7, 11) is 0. The Hall–Kier alpha value is -3.71. The highest BCUT2D eigenvalue weighted by atomic mass is 16.2. The Morgan fingerprint density at radius 1 is 0.882 bits per heavy atom. The predicted octanol–water partition coefficient (Wildman–Crippen LogP) is 2.65. The average molecular weight is 459 g/mol. The summed E-state index contributed by atoms with van der Waals surface area (Å²) < 4.78 is 1.73. The van der Waals surface area contributed by atoms with Crippen LogP contribution >= 0.6 is 0 Å². The maximum absolute atomic E-state index is 13.1. The van der Waals surface area contributed by atoms with Gasteiger partial charge in [0, 0.05) is 51.2 Å². The molecule has 1 saturated heterocycles. The van der Waals surface area contributed by atoms with E-state index in [-0.39, 0.29) is 17.2 Å². The summed E-state index contributed by atoms with van der Waals surface area (Å²) in [6, 6.07) is 19.9. The summed E-state index contributed by atoms with van der Waals surface area (Å²) in [5, 5.41) is 5.69. The number of aromatic nitrogens is 1. The van der Waals surface area contributed by atoms with E-state index in [4.69, 9.17) is 0 Å². The smallest absolute Gasteiger partial charge is 0.257 e. The Labute approximate surface area is 199 Å². The second-order valence-corrected chi connectivity index (χ2v) is 8.61. The zero-order valence-corrected chi connectivity index (χ0v) is 19.4. The van der Waals surface area contributed by atoms with Crippen molar-refractivity contribution in [2.24, 2.45) is 0 Å². The molecular weight excluding hydrogens is 428 g/mol. The molecule has 2 amide bonds. The number of hydrogen-bond donors (Lipinski definition) is 2. The molecule has 7 nitrogen and oxygen atoms in total. The zero-order valence-electron chi connectivity index (χ0n) is 19.4. The van der Waals surface area contributed by atoms with Gasteiger partial charge < -0.3 is 15.2 Å². The minimum absolute atomic E-state index is 0.0128. The lowest BCUT2D eigenvalue weighted by atomic mass is 10.1. The lowest BCUT2D eigenvalue weighted by Gasteiger charge is -2.17. The van der Waals surface area contributed by atoms with E-state index in [9.17, 15) is 14.4 Å². The molecule has 176 valence electrons. The van der Waals surface area contributed by atoms with Crippen molar-refractivity contribution in [2.45, 2.75) is 32.5 Å². The molecule has 0 radical (unpaired) electrons. The van der Waals surface area contributed by atoms with Crippen LogP contribution in [-0.2, 0) is 13.1 Å². The summed E-state index contributed by atoms with van der Waals surface area (Å²) in [5.41, 5.74) is 1.65. The average Bonchev–Trinajstić information content (AvgIpc) is 3.28. The molecule has 1 atom stereocenters. The monoisotopic (exact) mass is 458 g/mol. The SMILES string of the molecule is CCNC(=O)c1cn(Cc2ccccc2)cc(C(=O)N[C@H]2CCN(Cc3ccccc3)C2)c1=O. The van der Waals surface area contributed by atoms with E-state index in [1.54, 1.807) is 17.7 Å². The largest absolute Gasteiger partial charge is 0.352 e. The van der Waals surface area contributed by atoms with Crippen LogP contribution in [0, 0.1) is 0 Å². The van der Waals surface area contributed by atoms with Crippen LogP contribution < -0.4 is 16.1 Å². The topological polar surface area (TPSA) is 83.4 Å². The Morgan fingerprint density at radius 3 is 2.09 bits per heavy atom. The van der Waals surface area contributed by atoms with Gasteiger partial charge >= 0.3 is 0 Å². The first kappa shape index (κ1) is 23.4. The molecule has 0 aliphatic carbocycles. The summed E-state index contributed by atoms with van der Waals surface area (Å²) >= 11 is 0. The van der Waals surface area contributed by atoms with Crippen molar-refractivity contribution in [1.29, 1.82) is 0 Å². The van der Waals surface area contributed by atoms with Gasteiger partial charge in [0.25, 0.3) is 11.8 Å². The van der Waals surface area contributed by atoms with E-state index in [0.717, 1.165) is 31.6 Å². The molecular formula is C27H30N4O3. The molecule has 34 heavy (non-hydrogen) atoms. The van der Waals surface area contributed by atoms with Crippen LogP contribution in [0.3, 0.4) is 0 Å². The number of likely N-dealkylation sites (tertiary alicyclic amines) is 1. The third-order valence-electron chi connectivity index (χ3n) is 5.97. The number of pyridine rings is 1. The first-order valence-electron chi connectivity index (χ1n) is 11.7. The Bertz CT molecular complexity index is 1190. The van der Waals surface area contributed by atoms with Crippen LogP contribution in [0.1, 0.15) is 45.2 Å². The molecule has 0 unspecified atom stereocenters. The summed E-state index contributed by atoms with van der Waals surface area (Å²) in [5.74, 6) is -0.914. The highest BCUT2D eigenvalue weighted by Gasteiger charge is 2.26. The summed E-state index contributed by atoms with van der Waals surface area (Å²) in [6.07, 6.45) is 3.88. The molecule has 3 aromatic rings. The van der Waals surface area contributed by atoms with E-state index in [1.807, 2.05) is 48.5 Å². The minimum atomic E-state index is -0.549. The van der Waals surface area contributed by atoms with Gasteiger partial charge in [-0.1, -0.05) is 60.7 Å².